The van der Waals surface area contributed by atoms with E-state index < -0.39 is 26.6 Å². The van der Waals surface area contributed by atoms with Crippen molar-refractivity contribution < 1.29 is 17.2 Å². The van der Waals surface area contributed by atoms with Crippen LogP contribution in [0.1, 0.15) is 12.0 Å². The van der Waals surface area contributed by atoms with E-state index in [9.17, 15) is 17.2 Å². The zero-order chi connectivity index (χ0) is 14.0. The summed E-state index contributed by atoms with van der Waals surface area (Å²) < 4.78 is 52.9. The summed E-state index contributed by atoms with van der Waals surface area (Å²) in [5.41, 5.74) is 0.118. The van der Waals surface area contributed by atoms with Gasteiger partial charge in [0.05, 0.1) is 0 Å². The van der Waals surface area contributed by atoms with Crippen molar-refractivity contribution in [2.75, 3.05) is 26.2 Å². The smallest absolute Gasteiger partial charge is 0.246 e. The van der Waals surface area contributed by atoms with Crippen LogP contribution in [0.2, 0.25) is 0 Å². The van der Waals surface area contributed by atoms with Crippen LogP contribution < -0.4 is 5.32 Å². The lowest BCUT2D eigenvalue weighted by atomic mass is 10.2. The number of hydrogen-bond acceptors (Lipinski definition) is 3. The number of halogens is 3. The molecule has 20 heavy (non-hydrogen) atoms. The number of hydrogen-bond donors (Lipinski definition) is 1. The minimum absolute atomic E-state index is 0. The van der Waals surface area contributed by atoms with Crippen molar-refractivity contribution in [1.82, 2.24) is 9.62 Å². The molecule has 0 aromatic heterocycles. The van der Waals surface area contributed by atoms with Gasteiger partial charge in [0.25, 0.3) is 0 Å². The molecule has 114 valence electrons. The SMILES string of the molecule is Cc1cc(S(=O)(=O)N2CCCNCC2)c(F)cc1F.Cl. The van der Waals surface area contributed by atoms with E-state index in [1.54, 1.807) is 0 Å². The number of rotatable bonds is 2. The minimum atomic E-state index is -3.90. The molecule has 2 rings (SSSR count). The van der Waals surface area contributed by atoms with Crippen molar-refractivity contribution in [2.45, 2.75) is 18.2 Å². The van der Waals surface area contributed by atoms with Gasteiger partial charge in [-0.3, -0.25) is 0 Å². The predicted octanol–water partition coefficient (Wildman–Crippen LogP) is 1.68. The van der Waals surface area contributed by atoms with Gasteiger partial charge in [-0.25, -0.2) is 17.2 Å². The Balaban J connectivity index is 0.00000200. The summed E-state index contributed by atoms with van der Waals surface area (Å²) in [5, 5.41) is 3.08. The van der Waals surface area contributed by atoms with Crippen LogP contribution in [0.15, 0.2) is 17.0 Å². The van der Waals surface area contributed by atoms with Crippen LogP contribution >= 0.6 is 12.4 Å². The molecular weight excluding hydrogens is 310 g/mol. The van der Waals surface area contributed by atoms with Gasteiger partial charge in [-0.1, -0.05) is 0 Å². The second kappa shape index (κ2) is 6.80. The van der Waals surface area contributed by atoms with Crippen molar-refractivity contribution in [2.24, 2.45) is 0 Å². The normalized spacial score (nSPS) is 17.4. The average molecular weight is 327 g/mol. The Bertz CT molecular complexity index is 573. The van der Waals surface area contributed by atoms with Crippen molar-refractivity contribution in [3.8, 4) is 0 Å². The lowest BCUT2D eigenvalue weighted by Gasteiger charge is -2.20. The van der Waals surface area contributed by atoms with E-state index in [0.717, 1.165) is 12.6 Å². The van der Waals surface area contributed by atoms with E-state index >= 15 is 0 Å². The summed E-state index contributed by atoms with van der Waals surface area (Å²) in [7, 11) is -3.90. The monoisotopic (exact) mass is 326 g/mol. The molecule has 0 unspecified atom stereocenters. The van der Waals surface area contributed by atoms with Crippen LogP contribution in [-0.2, 0) is 10.0 Å². The highest BCUT2D eigenvalue weighted by Crippen LogP contribution is 2.22. The van der Waals surface area contributed by atoms with E-state index in [2.05, 4.69) is 5.32 Å². The maximum absolute atomic E-state index is 13.7. The molecule has 0 saturated carbocycles. The second-order valence-corrected chi connectivity index (χ2v) is 6.45. The number of sulfonamides is 1. The maximum atomic E-state index is 13.7. The van der Waals surface area contributed by atoms with E-state index in [4.69, 9.17) is 0 Å². The van der Waals surface area contributed by atoms with Crippen LogP contribution in [0, 0.1) is 18.6 Å². The van der Waals surface area contributed by atoms with Gasteiger partial charge in [0.15, 0.2) is 0 Å². The number of nitrogens with one attached hydrogen (secondary N) is 1. The van der Waals surface area contributed by atoms with Gasteiger partial charge in [-0.05, 0) is 31.5 Å². The molecule has 1 aromatic carbocycles. The molecular formula is C12H17ClF2N2O2S. The van der Waals surface area contributed by atoms with Crippen LogP contribution in [0.4, 0.5) is 8.78 Å². The van der Waals surface area contributed by atoms with Crippen molar-refractivity contribution in [1.29, 1.82) is 0 Å². The third kappa shape index (κ3) is 3.46. The van der Waals surface area contributed by atoms with Crippen molar-refractivity contribution in [3.63, 3.8) is 0 Å². The Morgan fingerprint density at radius 3 is 2.55 bits per heavy atom. The quantitative estimate of drug-likeness (QED) is 0.899. The molecule has 0 bridgehead atoms. The van der Waals surface area contributed by atoms with Gasteiger partial charge < -0.3 is 5.32 Å². The zero-order valence-electron chi connectivity index (χ0n) is 11.0. The van der Waals surface area contributed by atoms with E-state index in [-0.39, 0.29) is 24.5 Å². The zero-order valence-corrected chi connectivity index (χ0v) is 12.7. The van der Waals surface area contributed by atoms with Crippen molar-refractivity contribution >= 4 is 22.4 Å². The standard InChI is InChI=1S/C12H16F2N2O2S.ClH/c1-9-7-12(11(14)8-10(9)13)19(17,18)16-5-2-3-15-4-6-16;/h7-8,15H,2-6H2,1H3;1H. The predicted molar refractivity (Wildman–Crippen MR) is 74.6 cm³/mol. The van der Waals surface area contributed by atoms with Crippen LogP contribution in [0.25, 0.3) is 0 Å². The van der Waals surface area contributed by atoms with Crippen LogP contribution in [-0.4, -0.2) is 38.9 Å². The Labute approximate surface area is 123 Å². The van der Waals surface area contributed by atoms with Gasteiger partial charge in [0, 0.05) is 25.7 Å². The highest BCUT2D eigenvalue weighted by atomic mass is 35.5. The first-order valence-corrected chi connectivity index (χ1v) is 7.53. The summed E-state index contributed by atoms with van der Waals surface area (Å²) in [6, 6.07) is 1.68. The molecule has 0 atom stereocenters. The molecule has 0 spiro atoms. The maximum Gasteiger partial charge on any atom is 0.246 e. The van der Waals surface area contributed by atoms with Gasteiger partial charge in [0.2, 0.25) is 10.0 Å². The molecule has 0 radical (unpaired) electrons. The second-order valence-electron chi connectivity index (χ2n) is 4.54. The lowest BCUT2D eigenvalue weighted by molar-refractivity contribution is 0.426. The molecule has 1 N–H and O–H groups in total. The molecule has 4 nitrogen and oxygen atoms in total. The highest BCUT2D eigenvalue weighted by molar-refractivity contribution is 7.89. The Morgan fingerprint density at radius 2 is 1.85 bits per heavy atom. The topological polar surface area (TPSA) is 49.4 Å². The first kappa shape index (κ1) is 17.3. The fourth-order valence-electron chi connectivity index (χ4n) is 2.03. The molecule has 1 fully saturated rings. The molecule has 1 aromatic rings. The number of aryl methyl sites for hydroxylation is 1. The number of nitrogens with zero attached hydrogens (tertiary/aromatic N) is 1. The fraction of sp³-hybridized carbons (Fsp3) is 0.500. The molecule has 1 aliphatic rings. The molecule has 8 heteroatoms. The van der Waals surface area contributed by atoms with Crippen LogP contribution in [0.3, 0.4) is 0 Å². The molecule has 1 saturated heterocycles. The summed E-state index contributed by atoms with van der Waals surface area (Å²) in [5.74, 6) is -1.78. The minimum Gasteiger partial charge on any atom is -0.315 e. The first-order valence-electron chi connectivity index (χ1n) is 6.09. The summed E-state index contributed by atoms with van der Waals surface area (Å²) >= 11 is 0. The fourth-order valence-corrected chi connectivity index (χ4v) is 3.64. The first-order chi connectivity index (χ1) is 8.93. The summed E-state index contributed by atoms with van der Waals surface area (Å²) in [6.07, 6.45) is 0.668. The van der Waals surface area contributed by atoms with E-state index in [1.165, 1.54) is 11.2 Å². The number of benzene rings is 1. The van der Waals surface area contributed by atoms with Gasteiger partial charge >= 0.3 is 0 Å². The molecule has 0 amide bonds. The van der Waals surface area contributed by atoms with Gasteiger partial charge in [-0.15, -0.1) is 12.4 Å². The van der Waals surface area contributed by atoms with E-state index in [0.29, 0.717) is 25.6 Å². The Hall–Kier alpha value is -0.760. The Morgan fingerprint density at radius 1 is 1.15 bits per heavy atom. The van der Waals surface area contributed by atoms with E-state index in [1.807, 2.05) is 0 Å². The average Bonchev–Trinajstić information content (AvgIpc) is 2.62. The highest BCUT2D eigenvalue weighted by Gasteiger charge is 2.28. The van der Waals surface area contributed by atoms with Crippen molar-refractivity contribution in [3.05, 3.63) is 29.3 Å². The molecule has 1 heterocycles. The lowest BCUT2D eigenvalue weighted by Crippen LogP contribution is -2.34. The van der Waals surface area contributed by atoms with Crippen LogP contribution in [0.5, 0.6) is 0 Å². The molecule has 0 aliphatic carbocycles. The summed E-state index contributed by atoms with van der Waals surface area (Å²) in [4.78, 5) is -0.451. The van der Waals surface area contributed by atoms with Gasteiger partial charge in [-0.2, -0.15) is 4.31 Å². The van der Waals surface area contributed by atoms with Gasteiger partial charge in [0.1, 0.15) is 16.5 Å². The summed E-state index contributed by atoms with van der Waals surface area (Å²) in [6.45, 7) is 3.30. The third-order valence-corrected chi connectivity index (χ3v) is 5.04. The molecule has 1 aliphatic heterocycles. The largest absolute Gasteiger partial charge is 0.315 e. The third-order valence-electron chi connectivity index (χ3n) is 3.13. The Kier molecular flexibility index (Phi) is 5.88.